The lowest BCUT2D eigenvalue weighted by Gasteiger charge is -2.09. The zero-order chi connectivity index (χ0) is 13.3. The largest absolute Gasteiger partial charge is 0.293 e. The molecule has 4 nitrogen and oxygen atoms in total. The van der Waals surface area contributed by atoms with Gasteiger partial charge < -0.3 is 0 Å². The molecule has 0 unspecified atom stereocenters. The van der Waals surface area contributed by atoms with Crippen molar-refractivity contribution < 1.29 is 9.18 Å². The predicted molar refractivity (Wildman–Crippen MR) is 65.0 cm³/mol. The molecule has 0 aliphatic heterocycles. The predicted octanol–water partition coefficient (Wildman–Crippen LogP) is 2.84. The number of carbonyl (C=O) groups is 1. The maximum atomic E-state index is 14.0. The van der Waals surface area contributed by atoms with Gasteiger partial charge in [0.05, 0.1) is 0 Å². The van der Waals surface area contributed by atoms with Gasteiger partial charge in [-0.3, -0.25) is 9.78 Å². The molecule has 0 saturated heterocycles. The Balaban J connectivity index is 2.77. The zero-order valence-electron chi connectivity index (χ0n) is 9.74. The fourth-order valence-electron chi connectivity index (χ4n) is 1.62. The molecule has 6 heteroatoms. The molecule has 0 aromatic carbocycles. The molecular formula is C12H9ClFN3O. The number of nitrogens with zero attached hydrogens (tertiary/aromatic N) is 3. The molecule has 18 heavy (non-hydrogen) atoms. The average Bonchev–Trinajstić information content (AvgIpc) is 2.35. The van der Waals surface area contributed by atoms with Crippen molar-refractivity contribution in [2.24, 2.45) is 0 Å². The summed E-state index contributed by atoms with van der Waals surface area (Å²) in [5.74, 6) is -0.982. The summed E-state index contributed by atoms with van der Waals surface area (Å²) in [5.41, 5.74) is 0.999. The summed E-state index contributed by atoms with van der Waals surface area (Å²) >= 11 is 5.65. The first-order valence-corrected chi connectivity index (χ1v) is 5.53. The lowest BCUT2D eigenvalue weighted by Crippen LogP contribution is -2.05. The highest BCUT2D eigenvalue weighted by Crippen LogP contribution is 2.29. The summed E-state index contributed by atoms with van der Waals surface area (Å²) in [5, 5.41) is -0.254. The number of hydrogen-bond donors (Lipinski definition) is 0. The molecule has 92 valence electrons. The first-order chi connectivity index (χ1) is 8.52. The normalized spacial score (nSPS) is 10.4. The van der Waals surface area contributed by atoms with Crippen LogP contribution >= 0.6 is 11.6 Å². The lowest BCUT2D eigenvalue weighted by atomic mass is 10.0. The summed E-state index contributed by atoms with van der Waals surface area (Å²) in [7, 11) is 0. The van der Waals surface area contributed by atoms with Crippen molar-refractivity contribution in [2.75, 3.05) is 0 Å². The van der Waals surface area contributed by atoms with Crippen LogP contribution in [0.2, 0.25) is 5.15 Å². The first-order valence-electron chi connectivity index (χ1n) is 5.15. The summed E-state index contributed by atoms with van der Waals surface area (Å²) in [6, 6.07) is 0. The number of aromatic nitrogens is 3. The Morgan fingerprint density at radius 3 is 2.61 bits per heavy atom. The lowest BCUT2D eigenvalue weighted by molar-refractivity contribution is 0.101. The van der Waals surface area contributed by atoms with Gasteiger partial charge in [0.15, 0.2) is 16.8 Å². The fourth-order valence-corrected chi connectivity index (χ4v) is 1.76. The van der Waals surface area contributed by atoms with Gasteiger partial charge in [-0.1, -0.05) is 11.6 Å². The molecule has 0 amide bonds. The van der Waals surface area contributed by atoms with Gasteiger partial charge in [-0.15, -0.1) is 0 Å². The second-order valence-electron chi connectivity index (χ2n) is 3.73. The Morgan fingerprint density at radius 2 is 1.94 bits per heavy atom. The van der Waals surface area contributed by atoms with E-state index in [9.17, 15) is 9.18 Å². The third-order valence-corrected chi connectivity index (χ3v) is 2.70. The van der Waals surface area contributed by atoms with Gasteiger partial charge >= 0.3 is 0 Å². The van der Waals surface area contributed by atoms with Crippen molar-refractivity contribution in [3.05, 3.63) is 40.8 Å². The highest BCUT2D eigenvalue weighted by molar-refractivity contribution is 6.29. The molecule has 2 aromatic heterocycles. The van der Waals surface area contributed by atoms with Crippen LogP contribution < -0.4 is 0 Å². The fraction of sp³-hybridized carbons (Fsp3) is 0.167. The Morgan fingerprint density at radius 1 is 1.28 bits per heavy atom. The third-order valence-electron chi connectivity index (χ3n) is 2.44. The second kappa shape index (κ2) is 4.78. The summed E-state index contributed by atoms with van der Waals surface area (Å²) in [4.78, 5) is 23.1. The number of Topliss-reactive ketones (excluding diaryl/α,β-unsaturated/α-hetero) is 1. The van der Waals surface area contributed by atoms with Gasteiger partial charge in [0.25, 0.3) is 0 Å². The topological polar surface area (TPSA) is 55.7 Å². The van der Waals surface area contributed by atoms with E-state index < -0.39 is 5.82 Å². The summed E-state index contributed by atoms with van der Waals surface area (Å²) < 4.78 is 14.0. The quantitative estimate of drug-likeness (QED) is 0.619. The number of carbonyl (C=O) groups excluding carboxylic acids is 1. The standard InChI is InChI=1S/C12H9ClFN3O/c1-6-5-17-12(13)9(14)8(6)11-10(7(2)18)15-3-4-16-11/h3-5H,1-2H3. The van der Waals surface area contributed by atoms with Crippen LogP contribution in [0.1, 0.15) is 23.0 Å². The number of rotatable bonds is 2. The van der Waals surface area contributed by atoms with Crippen LogP contribution in [-0.4, -0.2) is 20.7 Å². The highest BCUT2D eigenvalue weighted by Gasteiger charge is 2.19. The van der Waals surface area contributed by atoms with E-state index in [0.717, 1.165) is 0 Å². The van der Waals surface area contributed by atoms with E-state index in [1.165, 1.54) is 25.5 Å². The number of hydrogen-bond acceptors (Lipinski definition) is 4. The van der Waals surface area contributed by atoms with Crippen LogP contribution in [0.15, 0.2) is 18.6 Å². The molecule has 2 heterocycles. The van der Waals surface area contributed by atoms with Crippen molar-refractivity contribution in [1.82, 2.24) is 15.0 Å². The average molecular weight is 266 g/mol. The van der Waals surface area contributed by atoms with Crippen molar-refractivity contribution in [2.45, 2.75) is 13.8 Å². The number of pyridine rings is 1. The second-order valence-corrected chi connectivity index (χ2v) is 4.09. The highest BCUT2D eigenvalue weighted by atomic mass is 35.5. The zero-order valence-corrected chi connectivity index (χ0v) is 10.5. The molecule has 0 aliphatic rings. The molecule has 0 radical (unpaired) electrons. The molecule has 2 rings (SSSR count). The SMILES string of the molecule is CC(=O)c1nccnc1-c1c(C)cnc(Cl)c1F. The van der Waals surface area contributed by atoms with E-state index in [1.54, 1.807) is 6.92 Å². The van der Waals surface area contributed by atoms with Crippen LogP contribution in [0.3, 0.4) is 0 Å². The van der Waals surface area contributed by atoms with Gasteiger partial charge in [0.2, 0.25) is 0 Å². The van der Waals surface area contributed by atoms with Gasteiger partial charge in [-0.05, 0) is 12.5 Å². The van der Waals surface area contributed by atoms with Crippen LogP contribution in [0.25, 0.3) is 11.3 Å². The van der Waals surface area contributed by atoms with Crippen LogP contribution in [0, 0.1) is 12.7 Å². The van der Waals surface area contributed by atoms with Crippen molar-refractivity contribution >= 4 is 17.4 Å². The number of aryl methyl sites for hydroxylation is 1. The Hall–Kier alpha value is -1.88. The first kappa shape index (κ1) is 12.6. The molecule has 0 bridgehead atoms. The maximum absolute atomic E-state index is 14.0. The van der Waals surface area contributed by atoms with Gasteiger partial charge in [0, 0.05) is 31.1 Å². The molecule has 0 saturated carbocycles. The Bertz CT molecular complexity index is 631. The van der Waals surface area contributed by atoms with Crippen molar-refractivity contribution in [1.29, 1.82) is 0 Å². The van der Waals surface area contributed by atoms with E-state index in [2.05, 4.69) is 15.0 Å². The van der Waals surface area contributed by atoms with Gasteiger partial charge in [-0.2, -0.15) is 0 Å². The monoisotopic (exact) mass is 265 g/mol. The van der Waals surface area contributed by atoms with E-state index in [4.69, 9.17) is 11.6 Å². The molecule has 0 spiro atoms. The molecule has 2 aromatic rings. The summed E-state index contributed by atoms with van der Waals surface area (Å²) in [6.45, 7) is 3.02. The molecular weight excluding hydrogens is 257 g/mol. The Labute approximate surface area is 108 Å². The van der Waals surface area contributed by atoms with E-state index in [-0.39, 0.29) is 27.9 Å². The third kappa shape index (κ3) is 2.09. The molecule has 0 aliphatic carbocycles. The van der Waals surface area contributed by atoms with Crippen LogP contribution in [0.4, 0.5) is 4.39 Å². The van der Waals surface area contributed by atoms with Crippen molar-refractivity contribution in [3.63, 3.8) is 0 Å². The Kier molecular flexibility index (Phi) is 3.34. The van der Waals surface area contributed by atoms with Crippen molar-refractivity contribution in [3.8, 4) is 11.3 Å². The van der Waals surface area contributed by atoms with Gasteiger partial charge in [-0.25, -0.2) is 14.4 Å². The summed E-state index contributed by atoms with van der Waals surface area (Å²) in [6.07, 6.45) is 4.21. The van der Waals surface area contributed by atoms with E-state index in [0.29, 0.717) is 5.56 Å². The molecule has 0 fully saturated rings. The van der Waals surface area contributed by atoms with Crippen LogP contribution in [-0.2, 0) is 0 Å². The maximum Gasteiger partial charge on any atom is 0.180 e. The number of ketones is 1. The molecule has 0 atom stereocenters. The number of halogens is 2. The minimum absolute atomic E-state index is 0.113. The molecule has 0 N–H and O–H groups in total. The van der Waals surface area contributed by atoms with Gasteiger partial charge in [0.1, 0.15) is 11.4 Å². The smallest absolute Gasteiger partial charge is 0.180 e. The van der Waals surface area contributed by atoms with E-state index in [1.807, 2.05) is 0 Å². The van der Waals surface area contributed by atoms with E-state index >= 15 is 0 Å². The minimum atomic E-state index is -0.695. The minimum Gasteiger partial charge on any atom is -0.293 e. The van der Waals surface area contributed by atoms with Crippen LogP contribution in [0.5, 0.6) is 0 Å².